The number of hydrogen-bond donors (Lipinski definition) is 1. The van der Waals surface area contributed by atoms with Crippen LogP contribution >= 0.6 is 0 Å². The van der Waals surface area contributed by atoms with Gasteiger partial charge in [-0.25, -0.2) is 0 Å². The van der Waals surface area contributed by atoms with Gasteiger partial charge in [0.15, 0.2) is 0 Å². The Bertz CT molecular complexity index is 214. The molecule has 3 saturated heterocycles. The zero-order valence-electron chi connectivity index (χ0n) is 7.17. The van der Waals surface area contributed by atoms with Gasteiger partial charge in [0.2, 0.25) is 0 Å². The highest BCUT2D eigenvalue weighted by atomic mass is 19.3. The summed E-state index contributed by atoms with van der Waals surface area (Å²) >= 11 is 0. The molecule has 1 amide bonds. The van der Waals surface area contributed by atoms with Crippen molar-refractivity contribution >= 4 is 5.91 Å². The van der Waals surface area contributed by atoms with Crippen LogP contribution in [0, 0.1) is 0 Å². The second-order valence-corrected chi connectivity index (χ2v) is 3.63. The molecule has 2 atom stereocenters. The van der Waals surface area contributed by atoms with E-state index in [9.17, 15) is 13.6 Å². The third kappa shape index (κ3) is 1.52. The summed E-state index contributed by atoms with van der Waals surface area (Å²) in [5.74, 6) is -1.00. The molecule has 0 aliphatic carbocycles. The molecule has 3 aliphatic heterocycles. The molecule has 74 valence electrons. The Morgan fingerprint density at radius 1 is 1.46 bits per heavy atom. The molecule has 3 heterocycles. The summed E-state index contributed by atoms with van der Waals surface area (Å²) in [5, 5.41) is 3.20. The molecule has 13 heavy (non-hydrogen) atoms. The molecule has 3 fully saturated rings. The van der Waals surface area contributed by atoms with Gasteiger partial charge in [0.1, 0.15) is 0 Å². The fourth-order valence-corrected chi connectivity index (χ4v) is 2.10. The van der Waals surface area contributed by atoms with Crippen LogP contribution in [0.25, 0.3) is 0 Å². The highest BCUT2D eigenvalue weighted by Gasteiger charge is 2.38. The fourth-order valence-electron chi connectivity index (χ4n) is 2.10. The van der Waals surface area contributed by atoms with Gasteiger partial charge in [0.05, 0.1) is 0 Å². The molecular formula is C8H12F2N2O. The van der Waals surface area contributed by atoms with E-state index in [4.69, 9.17) is 0 Å². The Hall–Kier alpha value is -0.710. The van der Waals surface area contributed by atoms with Gasteiger partial charge >= 0.3 is 6.43 Å². The second kappa shape index (κ2) is 3.21. The predicted molar refractivity (Wildman–Crippen MR) is 42.5 cm³/mol. The van der Waals surface area contributed by atoms with Gasteiger partial charge in [-0.05, 0) is 12.8 Å². The van der Waals surface area contributed by atoms with Crippen LogP contribution in [-0.2, 0) is 4.79 Å². The maximum absolute atomic E-state index is 12.1. The van der Waals surface area contributed by atoms with E-state index in [1.54, 1.807) is 0 Å². The third-order valence-electron chi connectivity index (χ3n) is 2.82. The average Bonchev–Trinajstić information content (AvgIpc) is 2.18. The van der Waals surface area contributed by atoms with Crippen LogP contribution in [0.1, 0.15) is 12.8 Å². The lowest BCUT2D eigenvalue weighted by Crippen LogP contribution is -2.63. The standard InChI is InChI=1S/C8H12F2N2O/c9-7(10)8(13)12-4-5-1-2-6(12)3-11-5/h5-7,11H,1-4H2. The first-order chi connectivity index (χ1) is 6.18. The SMILES string of the molecule is O=C(C(F)F)N1CC2CCC1CN2. The van der Waals surface area contributed by atoms with E-state index in [1.807, 2.05) is 0 Å². The Morgan fingerprint density at radius 3 is 2.62 bits per heavy atom. The maximum Gasteiger partial charge on any atom is 0.315 e. The van der Waals surface area contributed by atoms with Crippen molar-refractivity contribution in [2.75, 3.05) is 13.1 Å². The summed E-state index contributed by atoms with van der Waals surface area (Å²) in [6.07, 6.45) is -0.993. The van der Waals surface area contributed by atoms with E-state index in [-0.39, 0.29) is 12.1 Å². The summed E-state index contributed by atoms with van der Waals surface area (Å²) in [6.45, 7) is 1.12. The van der Waals surface area contributed by atoms with E-state index in [0.717, 1.165) is 12.8 Å². The smallest absolute Gasteiger partial charge is 0.315 e. The molecule has 2 unspecified atom stereocenters. The lowest BCUT2D eigenvalue weighted by Gasteiger charge is -2.45. The Morgan fingerprint density at radius 2 is 2.23 bits per heavy atom. The van der Waals surface area contributed by atoms with Crippen molar-refractivity contribution in [1.82, 2.24) is 10.2 Å². The largest absolute Gasteiger partial charge is 0.332 e. The minimum atomic E-state index is -2.85. The quantitative estimate of drug-likeness (QED) is 0.641. The predicted octanol–water partition coefficient (Wildman–Crippen LogP) is 0.214. The zero-order valence-corrected chi connectivity index (χ0v) is 7.17. The van der Waals surface area contributed by atoms with Crippen LogP contribution in [0.4, 0.5) is 8.78 Å². The summed E-state index contributed by atoms with van der Waals surface area (Å²) in [6, 6.07) is 0.221. The van der Waals surface area contributed by atoms with Gasteiger partial charge < -0.3 is 10.2 Å². The van der Waals surface area contributed by atoms with Crippen LogP contribution in [0.5, 0.6) is 0 Å². The van der Waals surface area contributed by atoms with Gasteiger partial charge in [-0.3, -0.25) is 4.79 Å². The zero-order chi connectivity index (χ0) is 9.42. The second-order valence-electron chi connectivity index (χ2n) is 3.63. The number of rotatable bonds is 1. The molecule has 0 spiro atoms. The van der Waals surface area contributed by atoms with Crippen molar-refractivity contribution in [3.05, 3.63) is 0 Å². The van der Waals surface area contributed by atoms with Crippen molar-refractivity contribution in [2.24, 2.45) is 0 Å². The molecule has 3 aliphatic rings. The number of fused-ring (bicyclic) bond motifs is 3. The van der Waals surface area contributed by atoms with Crippen molar-refractivity contribution in [3.8, 4) is 0 Å². The molecule has 0 saturated carbocycles. The van der Waals surface area contributed by atoms with Gasteiger partial charge in [0, 0.05) is 25.2 Å². The topological polar surface area (TPSA) is 32.3 Å². The van der Waals surface area contributed by atoms with Crippen LogP contribution in [0.2, 0.25) is 0 Å². The molecule has 0 aromatic rings. The molecule has 0 aromatic carbocycles. The average molecular weight is 190 g/mol. The van der Waals surface area contributed by atoms with E-state index in [0.29, 0.717) is 13.1 Å². The summed E-state index contributed by atoms with van der Waals surface area (Å²) in [5.41, 5.74) is 0. The van der Waals surface area contributed by atoms with Gasteiger partial charge in [-0.1, -0.05) is 0 Å². The number of halogens is 2. The Balaban J connectivity index is 2.04. The molecule has 1 N–H and O–H groups in total. The van der Waals surface area contributed by atoms with Crippen molar-refractivity contribution in [3.63, 3.8) is 0 Å². The van der Waals surface area contributed by atoms with Crippen LogP contribution < -0.4 is 5.32 Å². The Labute approximate surface area is 75.1 Å². The lowest BCUT2D eigenvalue weighted by molar-refractivity contribution is -0.149. The minimum absolute atomic E-state index is 0.00787. The van der Waals surface area contributed by atoms with Crippen LogP contribution in [0.15, 0.2) is 0 Å². The monoisotopic (exact) mass is 190 g/mol. The van der Waals surface area contributed by atoms with Crippen LogP contribution in [0.3, 0.4) is 0 Å². The van der Waals surface area contributed by atoms with Gasteiger partial charge in [-0.2, -0.15) is 8.78 Å². The van der Waals surface area contributed by atoms with E-state index in [2.05, 4.69) is 5.32 Å². The molecule has 0 aromatic heterocycles. The molecule has 5 heteroatoms. The number of piperidine rings is 2. The molecular weight excluding hydrogens is 178 g/mol. The Kier molecular flexibility index (Phi) is 2.19. The highest BCUT2D eigenvalue weighted by molar-refractivity contribution is 5.80. The van der Waals surface area contributed by atoms with E-state index < -0.39 is 12.3 Å². The number of carbonyl (C=O) groups excluding carboxylic acids is 1. The van der Waals surface area contributed by atoms with Gasteiger partial charge in [0.25, 0.3) is 5.91 Å². The third-order valence-corrected chi connectivity index (χ3v) is 2.82. The van der Waals surface area contributed by atoms with Crippen molar-refractivity contribution < 1.29 is 13.6 Å². The molecule has 2 bridgehead atoms. The number of carbonyl (C=O) groups is 1. The molecule has 0 radical (unpaired) electrons. The number of piperazine rings is 1. The van der Waals surface area contributed by atoms with Crippen molar-refractivity contribution in [2.45, 2.75) is 31.4 Å². The minimum Gasteiger partial charge on any atom is -0.332 e. The highest BCUT2D eigenvalue weighted by Crippen LogP contribution is 2.23. The van der Waals surface area contributed by atoms with E-state index >= 15 is 0 Å². The summed E-state index contributed by atoms with van der Waals surface area (Å²) in [4.78, 5) is 12.4. The van der Waals surface area contributed by atoms with Gasteiger partial charge in [-0.15, -0.1) is 0 Å². The number of amides is 1. The first kappa shape index (κ1) is 8.87. The number of alkyl halides is 2. The summed E-state index contributed by atoms with van der Waals surface area (Å²) < 4.78 is 24.3. The first-order valence-corrected chi connectivity index (χ1v) is 4.50. The first-order valence-electron chi connectivity index (χ1n) is 4.50. The molecule has 3 nitrogen and oxygen atoms in total. The van der Waals surface area contributed by atoms with E-state index in [1.165, 1.54) is 4.90 Å². The summed E-state index contributed by atoms with van der Waals surface area (Å²) in [7, 11) is 0. The fraction of sp³-hybridized carbons (Fsp3) is 0.875. The number of hydrogen-bond acceptors (Lipinski definition) is 2. The number of nitrogens with one attached hydrogen (secondary N) is 1. The molecule has 3 rings (SSSR count). The normalized spacial score (nSPS) is 32.7. The number of nitrogens with zero attached hydrogens (tertiary/aromatic N) is 1. The lowest BCUT2D eigenvalue weighted by atomic mass is 9.93. The maximum atomic E-state index is 12.1. The van der Waals surface area contributed by atoms with Crippen molar-refractivity contribution in [1.29, 1.82) is 0 Å². The van der Waals surface area contributed by atoms with Crippen LogP contribution in [-0.4, -0.2) is 42.4 Å².